The second-order valence-electron chi connectivity index (χ2n) is 7.35. The van der Waals surface area contributed by atoms with E-state index in [2.05, 4.69) is 55.3 Å². The molecule has 1 fully saturated rings. The van der Waals surface area contributed by atoms with Gasteiger partial charge in [-0.25, -0.2) is 4.79 Å². The van der Waals surface area contributed by atoms with Crippen LogP contribution in [0.5, 0.6) is 0 Å². The summed E-state index contributed by atoms with van der Waals surface area (Å²) >= 11 is 0. The minimum atomic E-state index is 0.0360. The van der Waals surface area contributed by atoms with Gasteiger partial charge < -0.3 is 19.9 Å². The van der Waals surface area contributed by atoms with Crippen molar-refractivity contribution in [3.8, 4) is 0 Å². The number of ether oxygens (including phenoxy) is 1. The molecule has 0 radical (unpaired) electrons. The molecule has 2 rings (SSSR count). The molecular formula is C19H31N3O2. The lowest BCUT2D eigenvalue weighted by atomic mass is 9.87. The van der Waals surface area contributed by atoms with Crippen LogP contribution in [0.15, 0.2) is 24.3 Å². The summed E-state index contributed by atoms with van der Waals surface area (Å²) < 4.78 is 4.99. The SMILES string of the molecule is COCCCNC(=O)N1CCN(c2ccc(C(C)(C)C)cc2)CC1. The van der Waals surface area contributed by atoms with Crippen molar-refractivity contribution in [1.82, 2.24) is 10.2 Å². The molecule has 1 aromatic carbocycles. The fraction of sp³-hybridized carbons (Fsp3) is 0.632. The van der Waals surface area contributed by atoms with Crippen LogP contribution in [0.4, 0.5) is 10.5 Å². The minimum absolute atomic E-state index is 0.0360. The van der Waals surface area contributed by atoms with Gasteiger partial charge in [0.15, 0.2) is 0 Å². The molecule has 1 heterocycles. The maximum atomic E-state index is 12.1. The Balaban J connectivity index is 1.81. The van der Waals surface area contributed by atoms with Gasteiger partial charge in [-0.05, 0) is 29.5 Å². The van der Waals surface area contributed by atoms with E-state index in [4.69, 9.17) is 4.74 Å². The zero-order valence-electron chi connectivity index (χ0n) is 15.5. The first-order valence-corrected chi connectivity index (χ1v) is 8.79. The van der Waals surface area contributed by atoms with Gasteiger partial charge in [-0.3, -0.25) is 0 Å². The Morgan fingerprint density at radius 3 is 2.29 bits per heavy atom. The van der Waals surface area contributed by atoms with Crippen LogP contribution >= 0.6 is 0 Å². The fourth-order valence-corrected chi connectivity index (χ4v) is 2.86. The van der Waals surface area contributed by atoms with Crippen molar-refractivity contribution in [3.05, 3.63) is 29.8 Å². The third-order valence-corrected chi connectivity index (χ3v) is 4.47. The number of anilines is 1. The number of carbonyl (C=O) groups is 1. The number of hydrogen-bond donors (Lipinski definition) is 1. The minimum Gasteiger partial charge on any atom is -0.385 e. The summed E-state index contributed by atoms with van der Waals surface area (Å²) in [5, 5.41) is 2.95. The summed E-state index contributed by atoms with van der Waals surface area (Å²) in [5.41, 5.74) is 2.77. The summed E-state index contributed by atoms with van der Waals surface area (Å²) in [6.45, 7) is 11.3. The number of benzene rings is 1. The molecule has 0 saturated carbocycles. The smallest absolute Gasteiger partial charge is 0.317 e. The standard InChI is InChI=1S/C19H31N3O2/c1-19(2,3)16-6-8-17(9-7-16)21-11-13-22(14-12-21)18(23)20-10-5-15-24-4/h6-9H,5,10-15H2,1-4H3,(H,20,23). The molecule has 0 spiro atoms. The lowest BCUT2D eigenvalue weighted by molar-refractivity contribution is 0.183. The Bertz CT molecular complexity index is 514. The molecule has 1 N–H and O–H groups in total. The molecule has 134 valence electrons. The van der Waals surface area contributed by atoms with E-state index in [1.165, 1.54) is 11.3 Å². The normalized spacial score (nSPS) is 15.5. The lowest BCUT2D eigenvalue weighted by Crippen LogP contribution is -2.52. The molecule has 0 unspecified atom stereocenters. The van der Waals surface area contributed by atoms with E-state index in [0.29, 0.717) is 13.2 Å². The molecule has 0 aromatic heterocycles. The average Bonchev–Trinajstić information content (AvgIpc) is 2.58. The highest BCUT2D eigenvalue weighted by molar-refractivity contribution is 5.74. The Hall–Kier alpha value is -1.75. The summed E-state index contributed by atoms with van der Waals surface area (Å²) in [6.07, 6.45) is 0.850. The molecule has 1 aromatic rings. The number of rotatable bonds is 5. The zero-order chi connectivity index (χ0) is 17.6. The Kier molecular flexibility index (Phi) is 6.49. The molecule has 5 heteroatoms. The molecule has 1 saturated heterocycles. The number of urea groups is 1. The first kappa shape index (κ1) is 18.6. The van der Waals surface area contributed by atoms with E-state index in [-0.39, 0.29) is 11.4 Å². The molecular weight excluding hydrogens is 302 g/mol. The maximum absolute atomic E-state index is 12.1. The molecule has 2 amide bonds. The van der Waals surface area contributed by atoms with Crippen LogP contribution in [0.25, 0.3) is 0 Å². The van der Waals surface area contributed by atoms with Crippen molar-refractivity contribution in [2.45, 2.75) is 32.6 Å². The Labute approximate surface area is 146 Å². The first-order valence-electron chi connectivity index (χ1n) is 8.79. The van der Waals surface area contributed by atoms with Crippen molar-refractivity contribution in [2.24, 2.45) is 0 Å². The number of carbonyl (C=O) groups excluding carboxylic acids is 1. The quantitative estimate of drug-likeness (QED) is 0.843. The topological polar surface area (TPSA) is 44.8 Å². The van der Waals surface area contributed by atoms with E-state index < -0.39 is 0 Å². The van der Waals surface area contributed by atoms with Gasteiger partial charge in [-0.15, -0.1) is 0 Å². The molecule has 0 bridgehead atoms. The molecule has 5 nitrogen and oxygen atoms in total. The third kappa shape index (κ3) is 5.13. The number of methoxy groups -OCH3 is 1. The van der Waals surface area contributed by atoms with Gasteiger partial charge >= 0.3 is 6.03 Å². The van der Waals surface area contributed by atoms with Crippen LogP contribution in [0.1, 0.15) is 32.8 Å². The molecule has 1 aliphatic rings. The first-order chi connectivity index (χ1) is 11.4. The van der Waals surface area contributed by atoms with Crippen molar-refractivity contribution < 1.29 is 9.53 Å². The fourth-order valence-electron chi connectivity index (χ4n) is 2.86. The van der Waals surface area contributed by atoms with E-state index >= 15 is 0 Å². The third-order valence-electron chi connectivity index (χ3n) is 4.47. The maximum Gasteiger partial charge on any atom is 0.317 e. The average molecular weight is 333 g/mol. The van der Waals surface area contributed by atoms with Crippen molar-refractivity contribution in [3.63, 3.8) is 0 Å². The summed E-state index contributed by atoms with van der Waals surface area (Å²) in [6, 6.07) is 8.85. The van der Waals surface area contributed by atoms with E-state index in [1.54, 1.807) is 7.11 Å². The number of hydrogen-bond acceptors (Lipinski definition) is 3. The number of nitrogens with zero attached hydrogens (tertiary/aromatic N) is 2. The molecule has 0 atom stereocenters. The molecule has 1 aliphatic heterocycles. The van der Waals surface area contributed by atoms with Crippen LogP contribution in [-0.4, -0.2) is 57.4 Å². The highest BCUT2D eigenvalue weighted by Gasteiger charge is 2.21. The van der Waals surface area contributed by atoms with Gasteiger partial charge in [0.25, 0.3) is 0 Å². The Morgan fingerprint density at radius 2 is 1.75 bits per heavy atom. The van der Waals surface area contributed by atoms with Gasteiger partial charge in [-0.1, -0.05) is 32.9 Å². The van der Waals surface area contributed by atoms with Crippen LogP contribution in [-0.2, 0) is 10.2 Å². The summed E-state index contributed by atoms with van der Waals surface area (Å²) in [5.74, 6) is 0. The predicted octanol–water partition coefficient (Wildman–Crippen LogP) is 2.85. The zero-order valence-corrected chi connectivity index (χ0v) is 15.5. The largest absolute Gasteiger partial charge is 0.385 e. The van der Waals surface area contributed by atoms with Crippen molar-refractivity contribution in [1.29, 1.82) is 0 Å². The van der Waals surface area contributed by atoms with Gasteiger partial charge in [-0.2, -0.15) is 0 Å². The van der Waals surface area contributed by atoms with Crippen LogP contribution in [0, 0.1) is 0 Å². The van der Waals surface area contributed by atoms with Gasteiger partial charge in [0.2, 0.25) is 0 Å². The van der Waals surface area contributed by atoms with Crippen LogP contribution < -0.4 is 10.2 Å². The molecule has 24 heavy (non-hydrogen) atoms. The Morgan fingerprint density at radius 1 is 1.12 bits per heavy atom. The van der Waals surface area contributed by atoms with E-state index in [9.17, 15) is 4.79 Å². The second-order valence-corrected chi connectivity index (χ2v) is 7.35. The highest BCUT2D eigenvalue weighted by atomic mass is 16.5. The van der Waals surface area contributed by atoms with Gasteiger partial charge in [0.05, 0.1) is 0 Å². The number of piperazine rings is 1. The second kappa shape index (κ2) is 8.38. The number of nitrogens with one attached hydrogen (secondary N) is 1. The van der Waals surface area contributed by atoms with Crippen molar-refractivity contribution >= 4 is 11.7 Å². The van der Waals surface area contributed by atoms with Crippen LogP contribution in [0.2, 0.25) is 0 Å². The predicted molar refractivity (Wildman–Crippen MR) is 98.8 cm³/mol. The van der Waals surface area contributed by atoms with Crippen molar-refractivity contribution in [2.75, 3.05) is 51.3 Å². The number of amides is 2. The lowest BCUT2D eigenvalue weighted by Gasteiger charge is -2.36. The summed E-state index contributed by atoms with van der Waals surface area (Å²) in [4.78, 5) is 16.4. The van der Waals surface area contributed by atoms with Gasteiger partial charge in [0, 0.05) is 52.1 Å². The monoisotopic (exact) mass is 333 g/mol. The van der Waals surface area contributed by atoms with Crippen LogP contribution in [0.3, 0.4) is 0 Å². The van der Waals surface area contributed by atoms with E-state index in [1.807, 2.05) is 4.90 Å². The highest BCUT2D eigenvalue weighted by Crippen LogP contribution is 2.25. The van der Waals surface area contributed by atoms with E-state index in [0.717, 1.165) is 32.6 Å². The van der Waals surface area contributed by atoms with Gasteiger partial charge in [0.1, 0.15) is 0 Å². The summed E-state index contributed by atoms with van der Waals surface area (Å²) in [7, 11) is 1.68. The molecule has 0 aliphatic carbocycles.